The smallest absolute Gasteiger partial charge is 0.224 e. The van der Waals surface area contributed by atoms with Crippen LogP contribution >= 0.6 is 0 Å². The lowest BCUT2D eigenvalue weighted by Crippen LogP contribution is -2.37. The lowest BCUT2D eigenvalue weighted by atomic mass is 10.1. The first-order valence-corrected chi connectivity index (χ1v) is 9.94. The summed E-state index contributed by atoms with van der Waals surface area (Å²) in [5.74, 6) is 1.18. The maximum absolute atomic E-state index is 11.9. The van der Waals surface area contributed by atoms with Crippen molar-refractivity contribution < 1.29 is 4.79 Å². The molecule has 28 heavy (non-hydrogen) atoms. The van der Waals surface area contributed by atoms with Crippen LogP contribution in [0.5, 0.6) is 0 Å². The van der Waals surface area contributed by atoms with E-state index in [1.807, 2.05) is 44.2 Å². The van der Waals surface area contributed by atoms with Gasteiger partial charge in [-0.15, -0.1) is 0 Å². The Morgan fingerprint density at radius 2 is 1.75 bits per heavy atom. The number of carbonyl (C=O) groups excluding carboxylic acids is 1. The van der Waals surface area contributed by atoms with Crippen LogP contribution in [0.15, 0.2) is 59.6 Å². The summed E-state index contributed by atoms with van der Waals surface area (Å²) in [6.45, 7) is 5.59. The third-order valence-corrected chi connectivity index (χ3v) is 4.27. The van der Waals surface area contributed by atoms with Gasteiger partial charge in [-0.2, -0.15) is 0 Å². The van der Waals surface area contributed by atoms with Gasteiger partial charge in [0.15, 0.2) is 5.96 Å². The van der Waals surface area contributed by atoms with Crippen molar-refractivity contribution in [3.63, 3.8) is 0 Å². The minimum atomic E-state index is 0.0519. The van der Waals surface area contributed by atoms with Crippen LogP contribution in [0, 0.1) is 5.92 Å². The number of aryl methyl sites for hydroxylation is 1. The molecule has 0 aliphatic rings. The molecule has 2 aromatic carbocycles. The van der Waals surface area contributed by atoms with Gasteiger partial charge in [-0.25, -0.2) is 0 Å². The van der Waals surface area contributed by atoms with Crippen molar-refractivity contribution in [2.45, 2.75) is 39.7 Å². The lowest BCUT2D eigenvalue weighted by molar-refractivity contribution is -0.116. The summed E-state index contributed by atoms with van der Waals surface area (Å²) in [5, 5.41) is 9.63. The van der Waals surface area contributed by atoms with Gasteiger partial charge < -0.3 is 16.0 Å². The summed E-state index contributed by atoms with van der Waals surface area (Å²) in [5.41, 5.74) is 3.27. The normalized spacial score (nSPS) is 11.4. The number of hydrogen-bond donors (Lipinski definition) is 3. The third kappa shape index (κ3) is 8.25. The molecule has 0 aliphatic carbocycles. The summed E-state index contributed by atoms with van der Waals surface area (Å²) in [4.78, 5) is 16.2. The van der Waals surface area contributed by atoms with Crippen molar-refractivity contribution in [2.24, 2.45) is 10.9 Å². The molecule has 0 radical (unpaired) electrons. The van der Waals surface area contributed by atoms with Gasteiger partial charge in [-0.1, -0.05) is 56.3 Å². The number of hydrogen-bond acceptors (Lipinski definition) is 2. The lowest BCUT2D eigenvalue weighted by Gasteiger charge is -2.13. The third-order valence-electron chi connectivity index (χ3n) is 4.27. The molecular weight excluding hydrogens is 348 g/mol. The molecule has 0 heterocycles. The second kappa shape index (κ2) is 11.8. The second-order valence-corrected chi connectivity index (χ2v) is 7.29. The molecule has 0 saturated heterocycles. The van der Waals surface area contributed by atoms with Crippen LogP contribution in [0.2, 0.25) is 0 Å². The number of amides is 1. The number of guanidine groups is 1. The Bertz CT molecular complexity index is 756. The van der Waals surface area contributed by atoms with E-state index in [4.69, 9.17) is 0 Å². The molecule has 0 bridgehead atoms. The van der Waals surface area contributed by atoms with E-state index in [-0.39, 0.29) is 5.91 Å². The molecule has 2 rings (SSSR count). The molecule has 0 aliphatic heterocycles. The Labute approximate surface area is 168 Å². The molecule has 0 spiro atoms. The highest BCUT2D eigenvalue weighted by Crippen LogP contribution is 2.12. The van der Waals surface area contributed by atoms with Crippen LogP contribution in [0.4, 0.5) is 5.69 Å². The van der Waals surface area contributed by atoms with E-state index in [2.05, 4.69) is 45.2 Å². The molecule has 3 N–H and O–H groups in total. The number of benzene rings is 2. The molecule has 5 nitrogen and oxygen atoms in total. The minimum Gasteiger partial charge on any atom is -0.356 e. The van der Waals surface area contributed by atoms with Crippen LogP contribution in [0.3, 0.4) is 0 Å². The zero-order valence-corrected chi connectivity index (χ0v) is 17.2. The average molecular weight is 381 g/mol. The van der Waals surface area contributed by atoms with Crippen LogP contribution in [0.1, 0.15) is 37.8 Å². The predicted molar refractivity (Wildman–Crippen MR) is 117 cm³/mol. The highest BCUT2D eigenvalue weighted by molar-refractivity contribution is 5.90. The Balaban J connectivity index is 1.75. The fourth-order valence-electron chi connectivity index (χ4n) is 2.89. The van der Waals surface area contributed by atoms with Crippen molar-refractivity contribution in [1.29, 1.82) is 0 Å². The van der Waals surface area contributed by atoms with Gasteiger partial charge in [0.1, 0.15) is 0 Å². The molecule has 0 unspecified atom stereocenters. The van der Waals surface area contributed by atoms with Gasteiger partial charge >= 0.3 is 0 Å². The Kier molecular flexibility index (Phi) is 9.05. The van der Waals surface area contributed by atoms with Crippen molar-refractivity contribution in [3.8, 4) is 0 Å². The number of nitrogens with zero attached hydrogens (tertiary/aromatic N) is 1. The van der Waals surface area contributed by atoms with Crippen LogP contribution in [-0.4, -0.2) is 25.5 Å². The van der Waals surface area contributed by atoms with Crippen molar-refractivity contribution >= 4 is 17.6 Å². The fourth-order valence-corrected chi connectivity index (χ4v) is 2.89. The first kappa shape index (κ1) is 21.5. The van der Waals surface area contributed by atoms with Crippen LogP contribution < -0.4 is 16.0 Å². The van der Waals surface area contributed by atoms with Gasteiger partial charge in [-0.05, 0) is 42.0 Å². The van der Waals surface area contributed by atoms with Gasteiger partial charge in [0.05, 0.1) is 0 Å². The molecule has 1 amide bonds. The highest BCUT2D eigenvalue weighted by atomic mass is 16.1. The quantitative estimate of drug-likeness (QED) is 0.350. The van der Waals surface area contributed by atoms with Gasteiger partial charge in [-0.3, -0.25) is 9.79 Å². The molecule has 0 fully saturated rings. The largest absolute Gasteiger partial charge is 0.356 e. The monoisotopic (exact) mass is 380 g/mol. The SMILES string of the molecule is CN=C(NCCCc1ccccc1)NCc1cccc(NC(=O)CC(C)C)c1. The van der Waals surface area contributed by atoms with Gasteiger partial charge in [0.2, 0.25) is 5.91 Å². The number of aliphatic imine (C=N–C) groups is 1. The Morgan fingerprint density at radius 1 is 1.00 bits per heavy atom. The first-order chi connectivity index (χ1) is 13.6. The van der Waals surface area contributed by atoms with Crippen LogP contribution in [0.25, 0.3) is 0 Å². The van der Waals surface area contributed by atoms with Crippen molar-refractivity contribution in [1.82, 2.24) is 10.6 Å². The van der Waals surface area contributed by atoms with E-state index in [0.29, 0.717) is 18.9 Å². The molecular formula is C23H32N4O. The van der Waals surface area contributed by atoms with Crippen molar-refractivity contribution in [3.05, 3.63) is 65.7 Å². The van der Waals surface area contributed by atoms with E-state index in [0.717, 1.165) is 36.6 Å². The fraction of sp³-hybridized carbons (Fsp3) is 0.391. The Hall–Kier alpha value is -2.82. The summed E-state index contributed by atoms with van der Waals surface area (Å²) in [6, 6.07) is 18.4. The van der Waals surface area contributed by atoms with Crippen molar-refractivity contribution in [2.75, 3.05) is 18.9 Å². The van der Waals surface area contributed by atoms with E-state index in [1.165, 1.54) is 5.56 Å². The standard InChI is InChI=1S/C23H32N4O/c1-18(2)15-22(28)27-21-13-7-11-20(16-21)17-26-23(24-3)25-14-8-12-19-9-5-4-6-10-19/h4-7,9-11,13,16,18H,8,12,14-15,17H2,1-3H3,(H,27,28)(H2,24,25,26). The average Bonchev–Trinajstić information content (AvgIpc) is 2.68. The number of anilines is 1. The van der Waals surface area contributed by atoms with E-state index < -0.39 is 0 Å². The Morgan fingerprint density at radius 3 is 2.46 bits per heavy atom. The highest BCUT2D eigenvalue weighted by Gasteiger charge is 2.06. The minimum absolute atomic E-state index is 0.0519. The molecule has 150 valence electrons. The van der Waals surface area contributed by atoms with E-state index in [1.54, 1.807) is 7.05 Å². The molecule has 2 aromatic rings. The van der Waals surface area contributed by atoms with E-state index in [9.17, 15) is 4.79 Å². The predicted octanol–water partition coefficient (Wildman–Crippen LogP) is 3.97. The zero-order chi connectivity index (χ0) is 20.2. The number of carbonyl (C=O) groups is 1. The molecule has 0 atom stereocenters. The summed E-state index contributed by atoms with van der Waals surface area (Å²) in [6.07, 6.45) is 2.62. The zero-order valence-electron chi connectivity index (χ0n) is 17.2. The molecule has 0 saturated carbocycles. The van der Waals surface area contributed by atoms with Gasteiger partial charge in [0.25, 0.3) is 0 Å². The maximum Gasteiger partial charge on any atom is 0.224 e. The first-order valence-electron chi connectivity index (χ1n) is 9.94. The van der Waals surface area contributed by atoms with Gasteiger partial charge in [0, 0.05) is 32.2 Å². The van der Waals surface area contributed by atoms with E-state index >= 15 is 0 Å². The summed E-state index contributed by atoms with van der Waals surface area (Å²) < 4.78 is 0. The topological polar surface area (TPSA) is 65.5 Å². The number of nitrogens with one attached hydrogen (secondary N) is 3. The molecule has 5 heteroatoms. The number of rotatable bonds is 9. The van der Waals surface area contributed by atoms with Crippen LogP contribution in [-0.2, 0) is 17.8 Å². The maximum atomic E-state index is 11.9. The summed E-state index contributed by atoms with van der Waals surface area (Å²) >= 11 is 0. The summed E-state index contributed by atoms with van der Waals surface area (Å²) in [7, 11) is 1.77. The molecule has 0 aromatic heterocycles. The second-order valence-electron chi connectivity index (χ2n) is 7.29.